The number of likely N-dealkylation sites (tertiary alicyclic amines) is 1. The fraction of sp³-hybridized carbons (Fsp3) is 0.471. The van der Waals surface area contributed by atoms with Crippen molar-refractivity contribution < 1.29 is 9.53 Å². The molecule has 0 saturated carbocycles. The van der Waals surface area contributed by atoms with Crippen molar-refractivity contribution in [2.45, 2.75) is 32.6 Å². The van der Waals surface area contributed by atoms with Crippen LogP contribution in [0.4, 0.5) is 0 Å². The third-order valence-corrected chi connectivity index (χ3v) is 5.78. The number of rotatable bonds is 3. The summed E-state index contributed by atoms with van der Waals surface area (Å²) >= 11 is 1.47. The topological polar surface area (TPSA) is 85.5 Å². The third-order valence-electron chi connectivity index (χ3n) is 4.72. The number of hydrogen-bond donors (Lipinski definition) is 0. The summed E-state index contributed by atoms with van der Waals surface area (Å²) < 4.78 is 6.95. The second-order valence-corrected chi connectivity index (χ2v) is 7.62. The lowest BCUT2D eigenvalue weighted by atomic mass is 9.96. The maximum atomic E-state index is 12.8. The SMILES string of the molecule is COc1ccc2nnc(C3CCN(C(=O)c4sc(C)nc4C)CC3)n2n1. The van der Waals surface area contributed by atoms with Crippen LogP contribution in [-0.4, -0.2) is 55.8 Å². The van der Waals surface area contributed by atoms with Gasteiger partial charge >= 0.3 is 0 Å². The van der Waals surface area contributed by atoms with Crippen LogP contribution in [0.3, 0.4) is 0 Å². The zero-order valence-electron chi connectivity index (χ0n) is 15.0. The van der Waals surface area contributed by atoms with Crippen molar-refractivity contribution in [3.05, 3.63) is 33.5 Å². The Morgan fingerprint density at radius 1 is 1.23 bits per heavy atom. The van der Waals surface area contributed by atoms with Crippen LogP contribution in [0, 0.1) is 13.8 Å². The predicted octanol–water partition coefficient (Wildman–Crippen LogP) is 2.23. The van der Waals surface area contributed by atoms with Gasteiger partial charge in [-0.15, -0.1) is 26.6 Å². The summed E-state index contributed by atoms with van der Waals surface area (Å²) in [4.78, 5) is 19.8. The Balaban J connectivity index is 1.50. The first-order valence-corrected chi connectivity index (χ1v) is 9.38. The largest absolute Gasteiger partial charge is 0.480 e. The quantitative estimate of drug-likeness (QED) is 0.701. The molecule has 26 heavy (non-hydrogen) atoms. The summed E-state index contributed by atoms with van der Waals surface area (Å²) in [5, 5.41) is 13.9. The molecular formula is C17H20N6O2S. The first-order chi connectivity index (χ1) is 12.6. The van der Waals surface area contributed by atoms with Gasteiger partial charge in [-0.2, -0.15) is 4.52 Å². The van der Waals surface area contributed by atoms with Crippen molar-refractivity contribution in [2.75, 3.05) is 20.2 Å². The fourth-order valence-corrected chi connectivity index (χ4v) is 4.25. The van der Waals surface area contributed by atoms with E-state index in [0.29, 0.717) is 24.6 Å². The van der Waals surface area contributed by atoms with Gasteiger partial charge in [0.25, 0.3) is 5.91 Å². The van der Waals surface area contributed by atoms with Gasteiger partial charge in [0.15, 0.2) is 11.5 Å². The molecule has 3 aromatic rings. The van der Waals surface area contributed by atoms with E-state index < -0.39 is 0 Å². The predicted molar refractivity (Wildman–Crippen MR) is 96.8 cm³/mol. The molecule has 0 aliphatic carbocycles. The number of thiazole rings is 1. The van der Waals surface area contributed by atoms with Crippen molar-refractivity contribution in [1.82, 2.24) is 29.7 Å². The number of fused-ring (bicyclic) bond motifs is 1. The summed E-state index contributed by atoms with van der Waals surface area (Å²) in [5.74, 6) is 1.66. The molecule has 0 atom stereocenters. The average molecular weight is 372 g/mol. The summed E-state index contributed by atoms with van der Waals surface area (Å²) in [6, 6.07) is 3.62. The molecule has 1 aliphatic heterocycles. The smallest absolute Gasteiger partial charge is 0.265 e. The van der Waals surface area contributed by atoms with Gasteiger partial charge in [-0.25, -0.2) is 4.98 Å². The molecule has 0 aromatic carbocycles. The molecule has 3 aromatic heterocycles. The van der Waals surface area contributed by atoms with Gasteiger partial charge in [0, 0.05) is 25.1 Å². The van der Waals surface area contributed by atoms with E-state index >= 15 is 0 Å². The van der Waals surface area contributed by atoms with E-state index in [1.54, 1.807) is 17.7 Å². The Morgan fingerprint density at radius 3 is 2.65 bits per heavy atom. The van der Waals surface area contributed by atoms with Crippen LogP contribution in [0.2, 0.25) is 0 Å². The molecule has 0 unspecified atom stereocenters. The Morgan fingerprint density at radius 2 is 2.00 bits per heavy atom. The number of carbonyl (C=O) groups is 1. The lowest BCUT2D eigenvalue weighted by Gasteiger charge is -2.30. The first-order valence-electron chi connectivity index (χ1n) is 8.56. The molecule has 1 aliphatic rings. The molecule has 0 radical (unpaired) electrons. The van der Waals surface area contributed by atoms with E-state index in [2.05, 4.69) is 20.3 Å². The van der Waals surface area contributed by atoms with E-state index in [4.69, 9.17) is 4.74 Å². The molecule has 0 spiro atoms. The van der Waals surface area contributed by atoms with Crippen LogP contribution in [0.25, 0.3) is 5.65 Å². The Bertz CT molecular complexity index is 957. The molecule has 1 fully saturated rings. The number of methoxy groups -OCH3 is 1. The van der Waals surface area contributed by atoms with Crippen LogP contribution >= 0.6 is 11.3 Å². The molecule has 8 nitrogen and oxygen atoms in total. The van der Waals surface area contributed by atoms with Crippen LogP contribution in [0.5, 0.6) is 5.88 Å². The van der Waals surface area contributed by atoms with E-state index in [-0.39, 0.29) is 11.8 Å². The molecule has 136 valence electrons. The molecular weight excluding hydrogens is 352 g/mol. The molecule has 4 heterocycles. The second kappa shape index (κ2) is 6.64. The third kappa shape index (κ3) is 2.92. The summed E-state index contributed by atoms with van der Waals surface area (Å²) in [5.41, 5.74) is 1.52. The average Bonchev–Trinajstić information content (AvgIpc) is 3.23. The monoisotopic (exact) mass is 372 g/mol. The Kier molecular flexibility index (Phi) is 4.31. The van der Waals surface area contributed by atoms with Gasteiger partial charge in [0.1, 0.15) is 4.88 Å². The summed E-state index contributed by atoms with van der Waals surface area (Å²) in [6.07, 6.45) is 1.67. The minimum Gasteiger partial charge on any atom is -0.480 e. The van der Waals surface area contributed by atoms with Crippen LogP contribution in [-0.2, 0) is 0 Å². The maximum absolute atomic E-state index is 12.8. The summed E-state index contributed by atoms with van der Waals surface area (Å²) in [7, 11) is 1.59. The Labute approximate surface area is 154 Å². The first kappa shape index (κ1) is 16.9. The maximum Gasteiger partial charge on any atom is 0.265 e. The van der Waals surface area contributed by atoms with E-state index in [1.807, 2.05) is 24.8 Å². The van der Waals surface area contributed by atoms with Crippen molar-refractivity contribution in [1.29, 1.82) is 0 Å². The van der Waals surface area contributed by atoms with Crippen LogP contribution < -0.4 is 4.74 Å². The highest BCUT2D eigenvalue weighted by molar-refractivity contribution is 7.13. The zero-order chi connectivity index (χ0) is 18.3. The molecule has 9 heteroatoms. The molecule has 0 N–H and O–H groups in total. The number of piperidine rings is 1. The summed E-state index contributed by atoms with van der Waals surface area (Å²) in [6.45, 7) is 5.21. The number of aryl methyl sites for hydroxylation is 2. The highest BCUT2D eigenvalue weighted by Crippen LogP contribution is 2.29. The van der Waals surface area contributed by atoms with Crippen molar-refractivity contribution in [3.8, 4) is 5.88 Å². The van der Waals surface area contributed by atoms with Gasteiger partial charge in [-0.1, -0.05) is 0 Å². The molecule has 0 bridgehead atoms. The van der Waals surface area contributed by atoms with Gasteiger partial charge in [-0.05, 0) is 32.8 Å². The van der Waals surface area contributed by atoms with Gasteiger partial charge in [-0.3, -0.25) is 4.79 Å². The Hall–Kier alpha value is -2.55. The molecule has 1 amide bonds. The molecule has 4 rings (SSSR count). The minimum absolute atomic E-state index is 0.0810. The number of aromatic nitrogens is 5. The normalized spacial score (nSPS) is 15.6. The van der Waals surface area contributed by atoms with Gasteiger partial charge in [0.2, 0.25) is 5.88 Å². The van der Waals surface area contributed by atoms with Crippen molar-refractivity contribution >= 4 is 22.9 Å². The van der Waals surface area contributed by atoms with Gasteiger partial charge in [0.05, 0.1) is 17.8 Å². The van der Waals surface area contributed by atoms with E-state index in [0.717, 1.165) is 34.2 Å². The lowest BCUT2D eigenvalue weighted by molar-refractivity contribution is 0.0714. The van der Waals surface area contributed by atoms with Crippen molar-refractivity contribution in [2.24, 2.45) is 0 Å². The fourth-order valence-electron chi connectivity index (χ4n) is 3.37. The number of amides is 1. The van der Waals surface area contributed by atoms with Crippen molar-refractivity contribution in [3.63, 3.8) is 0 Å². The number of ether oxygens (including phenoxy) is 1. The lowest BCUT2D eigenvalue weighted by Crippen LogP contribution is -2.38. The van der Waals surface area contributed by atoms with Crippen LogP contribution in [0.15, 0.2) is 12.1 Å². The standard InChI is InChI=1S/C17H20N6O2S/c1-10-15(26-11(2)18-10)17(24)22-8-6-12(7-9-22)16-20-19-13-4-5-14(25-3)21-23(13)16/h4-5,12H,6-9H2,1-3H3. The highest BCUT2D eigenvalue weighted by atomic mass is 32.1. The minimum atomic E-state index is 0.0810. The number of hydrogen-bond acceptors (Lipinski definition) is 7. The highest BCUT2D eigenvalue weighted by Gasteiger charge is 2.29. The number of nitrogens with zero attached hydrogens (tertiary/aromatic N) is 6. The molecule has 1 saturated heterocycles. The second-order valence-electron chi connectivity index (χ2n) is 6.42. The zero-order valence-corrected chi connectivity index (χ0v) is 15.8. The number of carbonyl (C=O) groups excluding carboxylic acids is 1. The van der Waals surface area contributed by atoms with E-state index in [1.165, 1.54) is 11.3 Å². The van der Waals surface area contributed by atoms with Gasteiger partial charge < -0.3 is 9.64 Å². The van der Waals surface area contributed by atoms with E-state index in [9.17, 15) is 4.79 Å². The van der Waals surface area contributed by atoms with Crippen LogP contribution in [0.1, 0.15) is 45.0 Å².